The first-order chi connectivity index (χ1) is 14.8. The van der Waals surface area contributed by atoms with E-state index in [1.54, 1.807) is 30.5 Å². The Kier molecular flexibility index (Phi) is 7.59. The molecule has 3 aromatic rings. The second kappa shape index (κ2) is 10.2. The molecule has 0 aliphatic rings. The summed E-state index contributed by atoms with van der Waals surface area (Å²) in [6.45, 7) is 8.91. The molecule has 3 rings (SSSR count). The zero-order valence-corrected chi connectivity index (χ0v) is 19.9. The highest BCUT2D eigenvalue weighted by Crippen LogP contribution is 2.26. The van der Waals surface area contributed by atoms with Gasteiger partial charge in [0.2, 0.25) is 15.2 Å². The van der Waals surface area contributed by atoms with E-state index in [0.717, 1.165) is 16.8 Å². The fraction of sp³-hybridized carbons (Fsp3) is 0.304. The zero-order valence-electron chi connectivity index (χ0n) is 18.2. The predicted molar refractivity (Wildman–Crippen MR) is 129 cm³/mol. The van der Waals surface area contributed by atoms with Crippen molar-refractivity contribution < 1.29 is 8.42 Å². The van der Waals surface area contributed by atoms with E-state index >= 15 is 0 Å². The maximum atomic E-state index is 12.6. The van der Waals surface area contributed by atoms with Gasteiger partial charge in [0.05, 0.1) is 16.8 Å². The number of nitrogens with zero attached hydrogens (tertiary/aromatic N) is 3. The van der Waals surface area contributed by atoms with Crippen molar-refractivity contribution in [3.8, 4) is 11.3 Å². The van der Waals surface area contributed by atoms with E-state index in [1.807, 2.05) is 31.4 Å². The van der Waals surface area contributed by atoms with Gasteiger partial charge in [-0.25, -0.2) is 13.4 Å². The predicted octanol–water partition coefficient (Wildman–Crippen LogP) is 5.41. The Morgan fingerprint density at radius 2 is 1.71 bits per heavy atom. The molecule has 0 saturated heterocycles. The Morgan fingerprint density at radius 3 is 2.29 bits per heavy atom. The quantitative estimate of drug-likeness (QED) is 0.345. The first kappa shape index (κ1) is 23.1. The molecule has 0 bridgehead atoms. The van der Waals surface area contributed by atoms with E-state index in [-0.39, 0.29) is 0 Å². The number of hydrogen-bond donors (Lipinski definition) is 1. The van der Waals surface area contributed by atoms with Crippen LogP contribution in [0.1, 0.15) is 44.7 Å². The van der Waals surface area contributed by atoms with Crippen molar-refractivity contribution in [3.63, 3.8) is 0 Å². The van der Waals surface area contributed by atoms with Gasteiger partial charge in [-0.1, -0.05) is 64.1 Å². The second-order valence-corrected chi connectivity index (χ2v) is 10.1. The first-order valence-corrected chi connectivity index (χ1v) is 12.6. The molecule has 0 radical (unpaired) electrons. The minimum absolute atomic E-state index is 0.293. The van der Waals surface area contributed by atoms with Gasteiger partial charge in [0.15, 0.2) is 0 Å². The fourth-order valence-electron chi connectivity index (χ4n) is 3.10. The largest absolute Gasteiger partial charge is 0.253 e. The lowest BCUT2D eigenvalue weighted by atomic mass is 10.0. The number of aromatic nitrogens is 1. The molecule has 2 aromatic carbocycles. The molecule has 0 amide bonds. The SMILES string of the molecule is CCN(CC)S(=O)(=O)c1ccc(-c2csc(N/N=C/c3ccc(C(C)C)cc3)n2)cc1. The van der Waals surface area contributed by atoms with Crippen LogP contribution in [0.5, 0.6) is 0 Å². The van der Waals surface area contributed by atoms with E-state index in [4.69, 9.17) is 0 Å². The molecule has 31 heavy (non-hydrogen) atoms. The van der Waals surface area contributed by atoms with Gasteiger partial charge >= 0.3 is 0 Å². The molecule has 1 N–H and O–H groups in total. The van der Waals surface area contributed by atoms with Crippen molar-refractivity contribution in [2.75, 3.05) is 18.5 Å². The number of rotatable bonds is 9. The van der Waals surface area contributed by atoms with E-state index in [9.17, 15) is 8.42 Å². The minimum Gasteiger partial charge on any atom is -0.253 e. The summed E-state index contributed by atoms with van der Waals surface area (Å²) in [4.78, 5) is 4.84. The maximum absolute atomic E-state index is 12.6. The van der Waals surface area contributed by atoms with E-state index < -0.39 is 10.0 Å². The molecule has 0 aliphatic heterocycles. The summed E-state index contributed by atoms with van der Waals surface area (Å²) < 4.78 is 26.7. The maximum Gasteiger partial charge on any atom is 0.243 e. The van der Waals surface area contributed by atoms with Gasteiger partial charge in [-0.3, -0.25) is 5.43 Å². The van der Waals surface area contributed by atoms with Crippen LogP contribution in [0.4, 0.5) is 5.13 Å². The van der Waals surface area contributed by atoms with Gasteiger partial charge in [-0.2, -0.15) is 9.41 Å². The zero-order chi connectivity index (χ0) is 22.4. The van der Waals surface area contributed by atoms with Crippen molar-refractivity contribution in [3.05, 3.63) is 65.0 Å². The third-order valence-corrected chi connectivity index (χ3v) is 7.79. The summed E-state index contributed by atoms with van der Waals surface area (Å²) in [5.41, 5.74) is 6.90. The van der Waals surface area contributed by atoms with E-state index in [0.29, 0.717) is 29.0 Å². The van der Waals surface area contributed by atoms with Gasteiger partial charge in [-0.15, -0.1) is 11.3 Å². The van der Waals surface area contributed by atoms with Crippen molar-refractivity contribution in [2.24, 2.45) is 5.10 Å². The molecule has 1 aromatic heterocycles. The van der Waals surface area contributed by atoms with Crippen molar-refractivity contribution in [1.29, 1.82) is 0 Å². The average Bonchev–Trinajstić information content (AvgIpc) is 3.24. The van der Waals surface area contributed by atoms with Crippen LogP contribution in [0.2, 0.25) is 0 Å². The van der Waals surface area contributed by atoms with Gasteiger partial charge in [-0.05, 0) is 29.2 Å². The first-order valence-electron chi connectivity index (χ1n) is 10.3. The number of hydrogen-bond acceptors (Lipinski definition) is 6. The molecule has 8 heteroatoms. The van der Waals surface area contributed by atoms with Crippen LogP contribution in [0.15, 0.2) is 63.9 Å². The Morgan fingerprint density at radius 1 is 1.06 bits per heavy atom. The average molecular weight is 457 g/mol. The van der Waals surface area contributed by atoms with Crippen LogP contribution in [0, 0.1) is 0 Å². The van der Waals surface area contributed by atoms with Crippen LogP contribution in [0.25, 0.3) is 11.3 Å². The third kappa shape index (κ3) is 5.58. The normalized spacial score (nSPS) is 12.2. The summed E-state index contributed by atoms with van der Waals surface area (Å²) in [5, 5.41) is 6.86. The Hall–Kier alpha value is -2.55. The smallest absolute Gasteiger partial charge is 0.243 e. The molecular weight excluding hydrogens is 428 g/mol. The Bertz CT molecular complexity index is 1120. The number of hydrazone groups is 1. The van der Waals surface area contributed by atoms with Gasteiger partial charge < -0.3 is 0 Å². The van der Waals surface area contributed by atoms with Crippen molar-refractivity contribution in [2.45, 2.75) is 38.5 Å². The molecular formula is C23H28N4O2S2. The van der Waals surface area contributed by atoms with Crippen molar-refractivity contribution >= 4 is 32.7 Å². The van der Waals surface area contributed by atoms with Crippen LogP contribution in [-0.4, -0.2) is 37.0 Å². The molecule has 6 nitrogen and oxygen atoms in total. The Labute approximate surface area is 188 Å². The summed E-state index contributed by atoms with van der Waals surface area (Å²) in [6.07, 6.45) is 1.76. The monoisotopic (exact) mass is 456 g/mol. The lowest BCUT2D eigenvalue weighted by molar-refractivity contribution is 0.445. The highest BCUT2D eigenvalue weighted by Gasteiger charge is 2.21. The van der Waals surface area contributed by atoms with E-state index in [2.05, 4.69) is 41.5 Å². The molecule has 0 unspecified atom stereocenters. The molecule has 1 heterocycles. The van der Waals surface area contributed by atoms with Gasteiger partial charge in [0, 0.05) is 24.0 Å². The van der Waals surface area contributed by atoms with Crippen LogP contribution in [-0.2, 0) is 10.0 Å². The second-order valence-electron chi connectivity index (χ2n) is 7.34. The lowest BCUT2D eigenvalue weighted by Gasteiger charge is -2.18. The number of benzene rings is 2. The Balaban J connectivity index is 1.66. The van der Waals surface area contributed by atoms with Gasteiger partial charge in [0.1, 0.15) is 0 Å². The molecule has 164 valence electrons. The molecule has 0 fully saturated rings. The standard InChI is InChI=1S/C23H28N4O2S2/c1-5-27(6-2)31(28,29)21-13-11-20(12-14-21)22-16-30-23(25-22)26-24-15-18-7-9-19(10-8-18)17(3)4/h7-17H,5-6H2,1-4H3,(H,25,26)/b24-15+. The molecule has 0 spiro atoms. The van der Waals surface area contributed by atoms with Gasteiger partial charge in [0.25, 0.3) is 0 Å². The number of sulfonamides is 1. The molecule has 0 atom stereocenters. The van der Waals surface area contributed by atoms with Crippen molar-refractivity contribution in [1.82, 2.24) is 9.29 Å². The van der Waals surface area contributed by atoms with Crippen LogP contribution < -0.4 is 5.43 Å². The third-order valence-electron chi connectivity index (χ3n) is 4.97. The number of nitrogens with one attached hydrogen (secondary N) is 1. The summed E-state index contributed by atoms with van der Waals surface area (Å²) >= 11 is 1.45. The summed E-state index contributed by atoms with van der Waals surface area (Å²) in [5.74, 6) is 0.504. The fourth-order valence-corrected chi connectivity index (χ4v) is 5.22. The molecule has 0 saturated carbocycles. The minimum atomic E-state index is -3.46. The number of thiazole rings is 1. The van der Waals surface area contributed by atoms with E-state index in [1.165, 1.54) is 21.2 Å². The number of anilines is 1. The lowest BCUT2D eigenvalue weighted by Crippen LogP contribution is -2.30. The highest BCUT2D eigenvalue weighted by atomic mass is 32.2. The summed E-state index contributed by atoms with van der Waals surface area (Å²) in [6, 6.07) is 15.1. The van der Waals surface area contributed by atoms with Crippen LogP contribution in [0.3, 0.4) is 0 Å². The molecule has 0 aliphatic carbocycles. The highest BCUT2D eigenvalue weighted by molar-refractivity contribution is 7.89. The summed E-state index contributed by atoms with van der Waals surface area (Å²) in [7, 11) is -3.46. The van der Waals surface area contributed by atoms with Crippen LogP contribution >= 0.6 is 11.3 Å². The topological polar surface area (TPSA) is 74.7 Å².